The van der Waals surface area contributed by atoms with E-state index in [0.717, 1.165) is 0 Å². The van der Waals surface area contributed by atoms with Gasteiger partial charge in [0.15, 0.2) is 0 Å². The molecule has 0 rings (SSSR count). The average Bonchev–Trinajstić information content (AvgIpc) is 2.81. The van der Waals surface area contributed by atoms with Crippen molar-refractivity contribution in [3.63, 3.8) is 0 Å². The molecule has 0 aromatic heterocycles. The first-order valence-corrected chi connectivity index (χ1v) is 14.1. The number of nitrogens with zero attached hydrogens (tertiary/aromatic N) is 4. The van der Waals surface area contributed by atoms with Gasteiger partial charge in [-0.1, -0.05) is 88.5 Å². The Labute approximate surface area is 220 Å². The molecule has 0 aromatic carbocycles. The van der Waals surface area contributed by atoms with E-state index in [2.05, 4.69) is 89.3 Å². The van der Waals surface area contributed by atoms with Crippen LogP contribution in [0.15, 0.2) is 0 Å². The lowest BCUT2D eigenvalue weighted by molar-refractivity contribution is 0.296. The lowest BCUT2D eigenvalue weighted by Gasteiger charge is -2.17. The molecule has 4 nitrogen and oxygen atoms in total. The molecule has 0 saturated heterocycles. The molecular weight excluding hydrogens is 416 g/mol. The molecule has 0 heterocycles. The predicted molar refractivity (Wildman–Crippen MR) is 164 cm³/mol. The van der Waals surface area contributed by atoms with Crippen LogP contribution >= 0.6 is 0 Å². The average molecular weight is 491 g/mol. The fourth-order valence-electron chi connectivity index (χ4n) is 3.04. The summed E-state index contributed by atoms with van der Waals surface area (Å²) in [5.74, 6) is 0. The number of unbranched alkanes of at least 4 members (excludes halogenated alkanes) is 6. The Kier molecular flexibility index (Phi) is 48.3. The largest absolute Gasteiger partial charge is 0.307 e. The van der Waals surface area contributed by atoms with Crippen molar-refractivity contribution in [3.05, 3.63) is 0 Å². The number of hydrogen-bond donors (Lipinski definition) is 0. The molecular formula is C30H74N4. The molecule has 0 saturated carbocycles. The minimum atomic E-state index is 0. The zero-order valence-electron chi connectivity index (χ0n) is 24.5. The molecule has 0 aliphatic rings. The molecule has 34 heavy (non-hydrogen) atoms. The fourth-order valence-corrected chi connectivity index (χ4v) is 3.04. The summed E-state index contributed by atoms with van der Waals surface area (Å²) in [6.45, 7) is 23.1. The SMILES string of the molecule is C.C.CCCCCC.CCCCN(C)CCCCN(C)CC.CCN(C)CCCCN(C)CC. The van der Waals surface area contributed by atoms with Gasteiger partial charge >= 0.3 is 0 Å². The quantitative estimate of drug-likeness (QED) is 0.170. The second kappa shape index (κ2) is 37.4. The van der Waals surface area contributed by atoms with Gasteiger partial charge in [0.1, 0.15) is 0 Å². The summed E-state index contributed by atoms with van der Waals surface area (Å²) in [5.41, 5.74) is 0. The molecule has 0 spiro atoms. The van der Waals surface area contributed by atoms with Crippen LogP contribution in [0.1, 0.15) is 121 Å². The van der Waals surface area contributed by atoms with E-state index in [1.54, 1.807) is 0 Å². The van der Waals surface area contributed by atoms with E-state index in [-0.39, 0.29) is 14.9 Å². The van der Waals surface area contributed by atoms with Crippen LogP contribution in [0.5, 0.6) is 0 Å². The molecule has 0 amide bonds. The maximum atomic E-state index is 2.45. The summed E-state index contributed by atoms with van der Waals surface area (Å²) in [7, 11) is 8.80. The third kappa shape index (κ3) is 42.0. The van der Waals surface area contributed by atoms with Gasteiger partial charge in [-0.2, -0.15) is 0 Å². The molecule has 0 fully saturated rings. The molecule has 4 heteroatoms. The Hall–Kier alpha value is -0.160. The van der Waals surface area contributed by atoms with Crippen LogP contribution < -0.4 is 0 Å². The van der Waals surface area contributed by atoms with Crippen molar-refractivity contribution in [1.82, 2.24) is 19.6 Å². The Bertz CT molecular complexity index is 296. The van der Waals surface area contributed by atoms with Crippen LogP contribution in [0.3, 0.4) is 0 Å². The maximum absolute atomic E-state index is 2.45. The highest BCUT2D eigenvalue weighted by Gasteiger charge is 1.98. The van der Waals surface area contributed by atoms with E-state index < -0.39 is 0 Å². The molecule has 0 N–H and O–H groups in total. The van der Waals surface area contributed by atoms with E-state index in [1.165, 1.54) is 117 Å². The van der Waals surface area contributed by atoms with Crippen molar-refractivity contribution in [1.29, 1.82) is 0 Å². The molecule has 0 unspecified atom stereocenters. The van der Waals surface area contributed by atoms with Gasteiger partial charge in [-0.25, -0.2) is 0 Å². The Morgan fingerprint density at radius 1 is 0.324 bits per heavy atom. The Balaban J connectivity index is -0.000000128. The maximum Gasteiger partial charge on any atom is -0.00213 e. The lowest BCUT2D eigenvalue weighted by Crippen LogP contribution is -2.23. The van der Waals surface area contributed by atoms with Crippen molar-refractivity contribution >= 4 is 0 Å². The van der Waals surface area contributed by atoms with Crippen LogP contribution in [0.2, 0.25) is 0 Å². The van der Waals surface area contributed by atoms with Crippen molar-refractivity contribution < 1.29 is 0 Å². The van der Waals surface area contributed by atoms with Gasteiger partial charge in [0.25, 0.3) is 0 Å². The summed E-state index contributed by atoms with van der Waals surface area (Å²) in [4.78, 5) is 9.57. The minimum absolute atomic E-state index is 0. The molecule has 214 valence electrons. The van der Waals surface area contributed by atoms with Gasteiger partial charge in [-0.15, -0.1) is 0 Å². The molecule has 0 bridgehead atoms. The highest BCUT2D eigenvalue weighted by Crippen LogP contribution is 1.98. The molecule has 0 radical (unpaired) electrons. The monoisotopic (exact) mass is 491 g/mol. The molecule has 0 aromatic rings. The van der Waals surface area contributed by atoms with E-state index in [4.69, 9.17) is 0 Å². The third-order valence-electron chi connectivity index (χ3n) is 6.13. The fraction of sp³-hybridized carbons (Fsp3) is 1.00. The first-order valence-electron chi connectivity index (χ1n) is 14.1. The summed E-state index contributed by atoms with van der Waals surface area (Å²) in [6.07, 6.45) is 13.5. The van der Waals surface area contributed by atoms with E-state index in [1.807, 2.05) is 0 Å². The van der Waals surface area contributed by atoms with E-state index >= 15 is 0 Å². The zero-order valence-corrected chi connectivity index (χ0v) is 24.5. The van der Waals surface area contributed by atoms with E-state index in [0.29, 0.717) is 0 Å². The topological polar surface area (TPSA) is 13.0 Å². The second-order valence-electron chi connectivity index (χ2n) is 9.47. The number of rotatable bonds is 19. The summed E-state index contributed by atoms with van der Waals surface area (Å²) in [6, 6.07) is 0. The first-order chi connectivity index (χ1) is 15.3. The summed E-state index contributed by atoms with van der Waals surface area (Å²) < 4.78 is 0. The van der Waals surface area contributed by atoms with Gasteiger partial charge in [-0.05, 0) is 113 Å². The summed E-state index contributed by atoms with van der Waals surface area (Å²) in [5, 5.41) is 0. The van der Waals surface area contributed by atoms with Crippen LogP contribution in [-0.2, 0) is 0 Å². The van der Waals surface area contributed by atoms with Gasteiger partial charge in [-0.3, -0.25) is 0 Å². The van der Waals surface area contributed by atoms with Gasteiger partial charge in [0, 0.05) is 0 Å². The van der Waals surface area contributed by atoms with Crippen molar-refractivity contribution in [2.75, 3.05) is 80.5 Å². The highest BCUT2D eigenvalue weighted by molar-refractivity contribution is 4.54. The zero-order chi connectivity index (χ0) is 25.0. The standard InChI is InChI=1S/C12H28N2.C10H24N2.C6H14.2CH4/c1-5-7-10-14(4)12-9-8-11-13(3)6-2;1-5-11(3)9-7-8-10-12(4)6-2;1-3-5-6-4-2;;/h5-12H2,1-4H3;5-10H2,1-4H3;3-6H2,1-2H3;2*1H4. The normalized spacial score (nSPS) is 10.4. The van der Waals surface area contributed by atoms with Crippen molar-refractivity contribution in [2.24, 2.45) is 0 Å². The van der Waals surface area contributed by atoms with Crippen molar-refractivity contribution in [2.45, 2.75) is 121 Å². The minimum Gasteiger partial charge on any atom is -0.307 e. The summed E-state index contributed by atoms with van der Waals surface area (Å²) >= 11 is 0. The predicted octanol–water partition coefficient (Wildman–Crippen LogP) is 7.98. The van der Waals surface area contributed by atoms with Gasteiger partial charge in [0.05, 0.1) is 0 Å². The Morgan fingerprint density at radius 3 is 0.794 bits per heavy atom. The van der Waals surface area contributed by atoms with Crippen LogP contribution in [0.4, 0.5) is 0 Å². The van der Waals surface area contributed by atoms with Crippen LogP contribution in [-0.4, -0.2) is 100 Å². The van der Waals surface area contributed by atoms with Gasteiger partial charge in [0.2, 0.25) is 0 Å². The van der Waals surface area contributed by atoms with E-state index in [9.17, 15) is 0 Å². The van der Waals surface area contributed by atoms with Crippen LogP contribution in [0, 0.1) is 0 Å². The van der Waals surface area contributed by atoms with Crippen molar-refractivity contribution in [3.8, 4) is 0 Å². The highest BCUT2D eigenvalue weighted by atomic mass is 15.1. The van der Waals surface area contributed by atoms with Gasteiger partial charge < -0.3 is 19.6 Å². The number of hydrogen-bond acceptors (Lipinski definition) is 4. The molecule has 0 aliphatic heterocycles. The lowest BCUT2D eigenvalue weighted by atomic mass is 10.2. The first kappa shape index (κ1) is 43.9. The second-order valence-corrected chi connectivity index (χ2v) is 9.47. The Morgan fingerprint density at radius 2 is 0.559 bits per heavy atom. The molecule has 0 atom stereocenters. The van der Waals surface area contributed by atoms with Crippen LogP contribution in [0.25, 0.3) is 0 Å². The third-order valence-corrected chi connectivity index (χ3v) is 6.13. The molecule has 0 aliphatic carbocycles. The smallest absolute Gasteiger partial charge is 0.00213 e.